The molecule has 0 atom stereocenters. The molecule has 4 rings (SSSR count). The number of carbonyl (C=O) groups excluding carboxylic acids is 1. The van der Waals surface area contributed by atoms with Gasteiger partial charge in [0.2, 0.25) is 0 Å². The molecule has 26 heavy (non-hydrogen) atoms. The smallest absolute Gasteiger partial charge is 0.337 e. The molecule has 1 aliphatic heterocycles. The Morgan fingerprint density at radius 3 is 2.69 bits per heavy atom. The molecule has 0 fully saturated rings. The molecule has 0 unspecified atom stereocenters. The van der Waals surface area contributed by atoms with Crippen LogP contribution in [0, 0.1) is 6.92 Å². The van der Waals surface area contributed by atoms with Gasteiger partial charge in [-0.15, -0.1) is 0 Å². The zero-order valence-electron chi connectivity index (χ0n) is 13.9. The Kier molecular flexibility index (Phi) is 3.65. The second kappa shape index (κ2) is 6.00. The number of hydrogen-bond donors (Lipinski definition) is 3. The van der Waals surface area contributed by atoms with Crippen LogP contribution >= 0.6 is 0 Å². The lowest BCUT2D eigenvalue weighted by Crippen LogP contribution is -2.04. The van der Waals surface area contributed by atoms with E-state index >= 15 is 0 Å². The minimum absolute atomic E-state index is 0.137. The largest absolute Gasteiger partial charge is 0.478 e. The second-order valence-electron chi connectivity index (χ2n) is 6.06. The molecule has 0 saturated heterocycles. The summed E-state index contributed by atoms with van der Waals surface area (Å²) in [5, 5.41) is 12.2. The highest BCUT2D eigenvalue weighted by molar-refractivity contribution is 6.36. The van der Waals surface area contributed by atoms with Crippen LogP contribution in [0.15, 0.2) is 48.8 Å². The summed E-state index contributed by atoms with van der Waals surface area (Å²) in [4.78, 5) is 31.1. The van der Waals surface area contributed by atoms with Crippen molar-refractivity contribution in [2.75, 3.05) is 5.32 Å². The standard InChI is InChI=1S/C20H15N3O3/c1-11-9-14(20(25)26)17(22-11)10-15-18-13(12-5-7-21-8-6-12)3-2-4-16(18)23-19(15)24/h2-10,22H,1H3,(H,23,24)(H,25,26)/b15-10-. The fourth-order valence-electron chi connectivity index (χ4n) is 3.20. The summed E-state index contributed by atoms with van der Waals surface area (Å²) in [6, 6.07) is 10.9. The number of rotatable bonds is 3. The van der Waals surface area contributed by atoms with E-state index in [2.05, 4.69) is 15.3 Å². The summed E-state index contributed by atoms with van der Waals surface area (Å²) >= 11 is 0. The first-order chi connectivity index (χ1) is 12.5. The van der Waals surface area contributed by atoms with E-state index in [9.17, 15) is 14.7 Å². The van der Waals surface area contributed by atoms with Crippen molar-refractivity contribution in [1.82, 2.24) is 9.97 Å². The summed E-state index contributed by atoms with van der Waals surface area (Å²) in [6.45, 7) is 1.78. The van der Waals surface area contributed by atoms with Crippen molar-refractivity contribution in [2.24, 2.45) is 0 Å². The Hall–Kier alpha value is -3.67. The number of nitrogens with one attached hydrogen (secondary N) is 2. The number of carboxylic acids is 1. The molecular weight excluding hydrogens is 330 g/mol. The van der Waals surface area contributed by atoms with E-state index in [0.717, 1.165) is 22.4 Å². The fraction of sp³-hybridized carbons (Fsp3) is 0.0500. The lowest BCUT2D eigenvalue weighted by Gasteiger charge is -2.08. The molecule has 1 aromatic carbocycles. The normalized spacial score (nSPS) is 14.3. The molecule has 2 aromatic heterocycles. The second-order valence-corrected chi connectivity index (χ2v) is 6.06. The quantitative estimate of drug-likeness (QED) is 0.632. The summed E-state index contributed by atoms with van der Waals surface area (Å²) in [7, 11) is 0. The van der Waals surface area contributed by atoms with Gasteiger partial charge in [0.1, 0.15) is 0 Å². The van der Waals surface area contributed by atoms with Crippen LogP contribution in [0.3, 0.4) is 0 Å². The summed E-state index contributed by atoms with van der Waals surface area (Å²) in [6.07, 6.45) is 4.99. The number of carbonyl (C=O) groups is 2. The van der Waals surface area contributed by atoms with Gasteiger partial charge in [0, 0.05) is 29.3 Å². The molecule has 3 aromatic rings. The first kappa shape index (κ1) is 15.8. The number of fused-ring (bicyclic) bond motifs is 1. The summed E-state index contributed by atoms with van der Waals surface area (Å²) in [5.41, 5.74) is 4.96. The molecule has 0 saturated carbocycles. The number of aromatic amines is 1. The predicted octanol–water partition coefficient (Wildman–Crippen LogP) is 3.58. The third-order valence-electron chi connectivity index (χ3n) is 4.32. The maximum Gasteiger partial charge on any atom is 0.337 e. The number of carboxylic acid groups (broad SMARTS) is 1. The molecule has 128 valence electrons. The number of aromatic carboxylic acids is 1. The maximum absolute atomic E-state index is 12.6. The van der Waals surface area contributed by atoms with Crippen LogP contribution < -0.4 is 5.32 Å². The molecule has 3 heterocycles. The van der Waals surface area contributed by atoms with Crippen molar-refractivity contribution in [3.63, 3.8) is 0 Å². The van der Waals surface area contributed by atoms with Crippen LogP contribution in [0.5, 0.6) is 0 Å². The monoisotopic (exact) mass is 345 g/mol. The van der Waals surface area contributed by atoms with Crippen LogP contribution in [0.4, 0.5) is 5.69 Å². The van der Waals surface area contributed by atoms with Crippen molar-refractivity contribution in [3.05, 3.63) is 71.3 Å². The predicted molar refractivity (Wildman–Crippen MR) is 98.7 cm³/mol. The molecule has 0 spiro atoms. The highest BCUT2D eigenvalue weighted by Crippen LogP contribution is 2.40. The number of aromatic nitrogens is 2. The van der Waals surface area contributed by atoms with Crippen LogP contribution in [0.1, 0.15) is 27.3 Å². The van der Waals surface area contributed by atoms with Crippen LogP contribution in [0.25, 0.3) is 22.8 Å². The first-order valence-electron chi connectivity index (χ1n) is 8.04. The topological polar surface area (TPSA) is 95.1 Å². The first-order valence-corrected chi connectivity index (χ1v) is 8.04. The number of aryl methyl sites for hydroxylation is 1. The number of hydrogen-bond acceptors (Lipinski definition) is 3. The van der Waals surface area contributed by atoms with E-state index in [4.69, 9.17) is 0 Å². The highest BCUT2D eigenvalue weighted by atomic mass is 16.4. The third kappa shape index (κ3) is 2.57. The van der Waals surface area contributed by atoms with Gasteiger partial charge >= 0.3 is 5.97 Å². The van der Waals surface area contributed by atoms with Gasteiger partial charge in [0.05, 0.1) is 16.8 Å². The van der Waals surface area contributed by atoms with E-state index in [-0.39, 0.29) is 11.5 Å². The Bertz CT molecular complexity index is 1070. The number of amides is 1. The van der Waals surface area contributed by atoms with E-state index in [1.54, 1.807) is 31.5 Å². The van der Waals surface area contributed by atoms with Crippen LogP contribution in [-0.4, -0.2) is 27.0 Å². The minimum atomic E-state index is -1.04. The van der Waals surface area contributed by atoms with Gasteiger partial charge in [-0.3, -0.25) is 9.78 Å². The maximum atomic E-state index is 12.6. The van der Waals surface area contributed by atoms with Crippen molar-refractivity contribution in [2.45, 2.75) is 6.92 Å². The zero-order valence-corrected chi connectivity index (χ0v) is 13.9. The van der Waals surface area contributed by atoms with Crippen molar-refractivity contribution >= 4 is 29.2 Å². The van der Waals surface area contributed by atoms with E-state index < -0.39 is 5.97 Å². The average Bonchev–Trinajstić information content (AvgIpc) is 3.16. The van der Waals surface area contributed by atoms with Gasteiger partial charge in [-0.2, -0.15) is 0 Å². The van der Waals surface area contributed by atoms with Gasteiger partial charge in [0.25, 0.3) is 5.91 Å². The van der Waals surface area contributed by atoms with E-state index in [1.165, 1.54) is 0 Å². The molecule has 3 N–H and O–H groups in total. The zero-order chi connectivity index (χ0) is 18.3. The van der Waals surface area contributed by atoms with E-state index in [1.807, 2.05) is 30.3 Å². The molecule has 1 amide bonds. The Labute approximate surface area is 149 Å². The molecule has 0 aliphatic carbocycles. The number of benzene rings is 1. The summed E-state index contributed by atoms with van der Waals surface area (Å²) in [5.74, 6) is -1.30. The van der Waals surface area contributed by atoms with Crippen LogP contribution in [-0.2, 0) is 4.79 Å². The lowest BCUT2D eigenvalue weighted by atomic mass is 9.95. The third-order valence-corrected chi connectivity index (χ3v) is 4.32. The molecule has 6 nitrogen and oxygen atoms in total. The lowest BCUT2D eigenvalue weighted by molar-refractivity contribution is -0.110. The van der Waals surface area contributed by atoms with Gasteiger partial charge < -0.3 is 15.4 Å². The van der Waals surface area contributed by atoms with Gasteiger partial charge in [-0.25, -0.2) is 4.79 Å². The average molecular weight is 345 g/mol. The molecule has 0 radical (unpaired) electrons. The van der Waals surface area contributed by atoms with Gasteiger partial charge in [0.15, 0.2) is 0 Å². The van der Waals surface area contributed by atoms with Crippen molar-refractivity contribution < 1.29 is 14.7 Å². The Morgan fingerprint density at radius 1 is 1.19 bits per heavy atom. The van der Waals surface area contributed by atoms with Crippen molar-refractivity contribution in [3.8, 4) is 11.1 Å². The number of nitrogens with zero attached hydrogens (tertiary/aromatic N) is 1. The SMILES string of the molecule is Cc1cc(C(=O)O)c(/C=C2\C(=O)Nc3cccc(-c4ccncc4)c32)[nH]1. The van der Waals surface area contributed by atoms with Gasteiger partial charge in [-0.05, 0) is 48.4 Å². The fourth-order valence-corrected chi connectivity index (χ4v) is 3.20. The minimum Gasteiger partial charge on any atom is -0.478 e. The Morgan fingerprint density at radius 2 is 1.96 bits per heavy atom. The number of H-pyrrole nitrogens is 1. The molecular formula is C20H15N3O3. The Balaban J connectivity index is 1.92. The number of pyridine rings is 1. The molecule has 1 aliphatic rings. The van der Waals surface area contributed by atoms with Crippen LogP contribution in [0.2, 0.25) is 0 Å². The molecule has 6 heteroatoms. The number of anilines is 1. The summed E-state index contributed by atoms with van der Waals surface area (Å²) < 4.78 is 0. The van der Waals surface area contributed by atoms with Gasteiger partial charge in [-0.1, -0.05) is 12.1 Å². The van der Waals surface area contributed by atoms with Crippen molar-refractivity contribution in [1.29, 1.82) is 0 Å². The highest BCUT2D eigenvalue weighted by Gasteiger charge is 2.28. The molecule has 0 bridgehead atoms. The van der Waals surface area contributed by atoms with E-state index in [0.29, 0.717) is 17.0 Å².